The fourth-order valence-electron chi connectivity index (χ4n) is 5.95. The Morgan fingerprint density at radius 1 is 1.10 bits per heavy atom. The molecule has 0 N–H and O–H groups in total. The van der Waals surface area contributed by atoms with Gasteiger partial charge in [-0.1, -0.05) is 44.0 Å². The minimum absolute atomic E-state index is 0.117. The summed E-state index contributed by atoms with van der Waals surface area (Å²) in [6.07, 6.45) is 4.73. The molecule has 0 radical (unpaired) electrons. The van der Waals surface area contributed by atoms with Crippen LogP contribution in [0.2, 0.25) is 5.02 Å². The van der Waals surface area contributed by atoms with E-state index in [4.69, 9.17) is 16.3 Å². The second-order valence-electron chi connectivity index (χ2n) is 9.16. The number of nitrogens with zero attached hydrogens (tertiary/aromatic N) is 1. The zero-order chi connectivity index (χ0) is 22.0. The van der Waals surface area contributed by atoms with E-state index in [0.717, 1.165) is 50.9 Å². The van der Waals surface area contributed by atoms with Crippen molar-refractivity contribution in [2.24, 2.45) is 11.8 Å². The molecule has 5 heteroatoms. The van der Waals surface area contributed by atoms with Crippen molar-refractivity contribution in [2.45, 2.75) is 51.4 Å². The van der Waals surface area contributed by atoms with Crippen LogP contribution in [0.1, 0.15) is 50.7 Å². The van der Waals surface area contributed by atoms with E-state index in [1.54, 1.807) is 0 Å². The predicted molar refractivity (Wildman–Crippen MR) is 122 cm³/mol. The SMILES string of the molecule is CCCN(CC)C[C@@H]1CCC[C@@]2(Cc3ccc(Cl)cc3)c3c(F)ccc(F)c3OCC12. The molecule has 3 atom stereocenters. The third kappa shape index (κ3) is 4.34. The van der Waals surface area contributed by atoms with Gasteiger partial charge in [-0.05, 0) is 74.5 Å². The monoisotopic (exact) mass is 447 g/mol. The minimum atomic E-state index is -0.470. The average Bonchev–Trinajstić information content (AvgIpc) is 2.77. The fourth-order valence-corrected chi connectivity index (χ4v) is 6.08. The molecule has 1 saturated carbocycles. The summed E-state index contributed by atoms with van der Waals surface area (Å²) in [5.74, 6) is -0.160. The zero-order valence-corrected chi connectivity index (χ0v) is 19.2. The molecule has 0 bridgehead atoms. The number of hydrogen-bond donors (Lipinski definition) is 0. The Hall–Kier alpha value is -1.65. The Balaban J connectivity index is 1.78. The van der Waals surface area contributed by atoms with Gasteiger partial charge in [0, 0.05) is 28.5 Å². The third-order valence-electron chi connectivity index (χ3n) is 7.35. The molecule has 2 nitrogen and oxygen atoms in total. The van der Waals surface area contributed by atoms with Crippen LogP contribution in [0.25, 0.3) is 0 Å². The summed E-state index contributed by atoms with van der Waals surface area (Å²) in [5.41, 5.74) is 1.08. The van der Waals surface area contributed by atoms with Gasteiger partial charge in [-0.3, -0.25) is 0 Å². The van der Waals surface area contributed by atoms with E-state index in [9.17, 15) is 4.39 Å². The second-order valence-corrected chi connectivity index (χ2v) is 9.59. The summed E-state index contributed by atoms with van der Waals surface area (Å²) in [7, 11) is 0. The Labute approximate surface area is 189 Å². The molecule has 2 aliphatic rings. The predicted octanol–water partition coefficient (Wildman–Crippen LogP) is 6.64. The van der Waals surface area contributed by atoms with Crippen LogP contribution >= 0.6 is 11.6 Å². The largest absolute Gasteiger partial charge is 0.490 e. The Kier molecular flexibility index (Phi) is 6.88. The van der Waals surface area contributed by atoms with Crippen LogP contribution in [0.4, 0.5) is 8.78 Å². The molecule has 0 saturated heterocycles. The van der Waals surface area contributed by atoms with Gasteiger partial charge in [0.1, 0.15) is 5.82 Å². The molecule has 1 fully saturated rings. The van der Waals surface area contributed by atoms with Gasteiger partial charge in [0.15, 0.2) is 11.6 Å². The van der Waals surface area contributed by atoms with Crippen molar-refractivity contribution in [2.75, 3.05) is 26.2 Å². The standard InChI is InChI=1S/C26H32ClF2NO/c1-3-14-30(4-2)16-19-6-5-13-26(15-18-7-9-20(27)10-8-18)21(19)17-31-25-23(29)12-11-22(28)24(25)26/h7-12,19,21H,3-6,13-17H2,1-2H3/t19-,21?,26-/m0/s1. The molecule has 168 valence electrons. The second kappa shape index (κ2) is 9.46. The number of rotatable bonds is 7. The van der Waals surface area contributed by atoms with E-state index in [-0.39, 0.29) is 17.5 Å². The lowest BCUT2D eigenvalue weighted by atomic mass is 9.55. The Morgan fingerprint density at radius 2 is 1.84 bits per heavy atom. The zero-order valence-electron chi connectivity index (χ0n) is 18.5. The van der Waals surface area contributed by atoms with Crippen molar-refractivity contribution < 1.29 is 13.5 Å². The lowest BCUT2D eigenvalue weighted by molar-refractivity contribution is 0.0176. The molecule has 2 aromatic rings. The molecular formula is C26H32ClF2NO. The summed E-state index contributed by atoms with van der Waals surface area (Å²) in [4.78, 5) is 2.49. The first kappa shape index (κ1) is 22.5. The summed E-state index contributed by atoms with van der Waals surface area (Å²) < 4.78 is 36.0. The normalized spacial score (nSPS) is 25.1. The highest BCUT2D eigenvalue weighted by Gasteiger charge is 2.52. The highest BCUT2D eigenvalue weighted by molar-refractivity contribution is 6.30. The summed E-state index contributed by atoms with van der Waals surface area (Å²) in [6, 6.07) is 10.2. The van der Waals surface area contributed by atoms with Crippen LogP contribution in [-0.2, 0) is 11.8 Å². The van der Waals surface area contributed by atoms with Crippen LogP contribution < -0.4 is 4.74 Å². The maximum Gasteiger partial charge on any atom is 0.165 e. The first-order valence-electron chi connectivity index (χ1n) is 11.6. The third-order valence-corrected chi connectivity index (χ3v) is 7.61. The van der Waals surface area contributed by atoms with Crippen molar-refractivity contribution in [1.29, 1.82) is 0 Å². The van der Waals surface area contributed by atoms with Crippen molar-refractivity contribution in [3.8, 4) is 5.75 Å². The summed E-state index contributed by atoms with van der Waals surface area (Å²) >= 11 is 6.11. The molecule has 0 spiro atoms. The van der Waals surface area contributed by atoms with Crippen LogP contribution in [0.15, 0.2) is 36.4 Å². The van der Waals surface area contributed by atoms with E-state index in [1.165, 1.54) is 12.1 Å². The number of benzene rings is 2. The van der Waals surface area contributed by atoms with E-state index in [1.807, 2.05) is 24.3 Å². The number of fused-ring (bicyclic) bond motifs is 3. The van der Waals surface area contributed by atoms with E-state index >= 15 is 4.39 Å². The van der Waals surface area contributed by atoms with Gasteiger partial charge < -0.3 is 9.64 Å². The van der Waals surface area contributed by atoms with Gasteiger partial charge in [0.25, 0.3) is 0 Å². The van der Waals surface area contributed by atoms with Crippen molar-refractivity contribution in [1.82, 2.24) is 4.90 Å². The number of ether oxygens (including phenoxy) is 1. The van der Waals surface area contributed by atoms with Gasteiger partial charge in [-0.15, -0.1) is 0 Å². The molecule has 1 aliphatic heterocycles. The summed E-state index contributed by atoms with van der Waals surface area (Å²) in [5, 5.41) is 0.682. The molecule has 31 heavy (non-hydrogen) atoms. The lowest BCUT2D eigenvalue weighted by Gasteiger charge is -2.52. The minimum Gasteiger partial charge on any atom is -0.490 e. The molecular weight excluding hydrogens is 416 g/mol. The van der Waals surface area contributed by atoms with Crippen molar-refractivity contribution >= 4 is 11.6 Å². The van der Waals surface area contributed by atoms with Crippen LogP contribution in [0.3, 0.4) is 0 Å². The van der Waals surface area contributed by atoms with Gasteiger partial charge in [0.05, 0.1) is 6.61 Å². The lowest BCUT2D eigenvalue weighted by Crippen LogP contribution is -2.53. The molecule has 1 heterocycles. The quantitative estimate of drug-likeness (QED) is 0.471. The molecule has 1 unspecified atom stereocenters. The van der Waals surface area contributed by atoms with Gasteiger partial charge >= 0.3 is 0 Å². The van der Waals surface area contributed by atoms with E-state index < -0.39 is 11.2 Å². The smallest absolute Gasteiger partial charge is 0.165 e. The van der Waals surface area contributed by atoms with Crippen LogP contribution in [-0.4, -0.2) is 31.1 Å². The fraction of sp³-hybridized carbons (Fsp3) is 0.538. The van der Waals surface area contributed by atoms with Gasteiger partial charge in [-0.2, -0.15) is 0 Å². The van der Waals surface area contributed by atoms with Crippen LogP contribution in [0.5, 0.6) is 5.75 Å². The maximum absolute atomic E-state index is 15.3. The number of hydrogen-bond acceptors (Lipinski definition) is 2. The maximum atomic E-state index is 15.3. The van der Waals surface area contributed by atoms with Crippen LogP contribution in [0, 0.1) is 23.5 Å². The molecule has 0 aromatic heterocycles. The topological polar surface area (TPSA) is 12.5 Å². The van der Waals surface area contributed by atoms with E-state index in [2.05, 4.69) is 18.7 Å². The summed E-state index contributed by atoms with van der Waals surface area (Å²) in [6.45, 7) is 7.88. The van der Waals surface area contributed by atoms with Crippen molar-refractivity contribution in [3.63, 3.8) is 0 Å². The highest BCUT2D eigenvalue weighted by Crippen LogP contribution is 2.55. The van der Waals surface area contributed by atoms with Gasteiger partial charge in [-0.25, -0.2) is 8.78 Å². The molecule has 0 amide bonds. The van der Waals surface area contributed by atoms with E-state index in [0.29, 0.717) is 29.5 Å². The number of halogens is 3. The molecule has 1 aliphatic carbocycles. The molecule has 4 rings (SSSR count). The Bertz CT molecular complexity index is 903. The van der Waals surface area contributed by atoms with Gasteiger partial charge in [0.2, 0.25) is 0 Å². The average molecular weight is 448 g/mol. The Morgan fingerprint density at radius 3 is 2.55 bits per heavy atom. The first-order valence-corrected chi connectivity index (χ1v) is 11.9. The highest BCUT2D eigenvalue weighted by atomic mass is 35.5. The van der Waals surface area contributed by atoms with Crippen molar-refractivity contribution in [3.05, 3.63) is 64.2 Å². The first-order chi connectivity index (χ1) is 15.0. The molecule has 2 aromatic carbocycles.